The van der Waals surface area contributed by atoms with Gasteiger partial charge in [0.25, 0.3) is 10.0 Å². The number of thiophene rings is 1. The molecule has 108 valence electrons. The van der Waals surface area contributed by atoms with E-state index in [0.29, 0.717) is 0 Å². The zero-order valence-electron chi connectivity index (χ0n) is 9.68. The summed E-state index contributed by atoms with van der Waals surface area (Å²) in [7, 11) is -4.01. The highest BCUT2D eigenvalue weighted by molar-refractivity contribution is 7.93. The van der Waals surface area contributed by atoms with Gasteiger partial charge in [-0.2, -0.15) is 4.37 Å². The van der Waals surface area contributed by atoms with Crippen molar-refractivity contribution in [2.24, 2.45) is 0 Å². The van der Waals surface area contributed by atoms with Gasteiger partial charge in [0.1, 0.15) is 19.8 Å². The molecule has 0 aromatic carbocycles. The number of hydrogen-bond acceptors (Lipinski definition) is 6. The van der Waals surface area contributed by atoms with E-state index in [1.165, 1.54) is 13.0 Å². The van der Waals surface area contributed by atoms with Gasteiger partial charge in [0.05, 0.1) is 10.0 Å². The third kappa shape index (κ3) is 2.91. The topological polar surface area (TPSA) is 96.4 Å². The average molecular weight is 373 g/mol. The number of carboxylic acids is 1. The molecule has 20 heavy (non-hydrogen) atoms. The summed E-state index contributed by atoms with van der Waals surface area (Å²) in [6.07, 6.45) is 0. The Bertz CT molecular complexity index is 781. The SMILES string of the molecule is Cc1nsc(NS(=O)(=O)c2cc(Cl)sc2Cl)c1C(=O)O. The summed E-state index contributed by atoms with van der Waals surface area (Å²) in [5, 5.41) is 8.97. The van der Waals surface area contributed by atoms with Gasteiger partial charge in [-0.15, -0.1) is 11.3 Å². The molecule has 0 saturated carbocycles. The second-order valence-corrected chi connectivity index (χ2v) is 8.28. The van der Waals surface area contributed by atoms with Crippen molar-refractivity contribution < 1.29 is 18.3 Å². The number of rotatable bonds is 4. The maximum Gasteiger partial charge on any atom is 0.340 e. The average Bonchev–Trinajstić information content (AvgIpc) is 2.82. The lowest BCUT2D eigenvalue weighted by molar-refractivity contribution is 0.0697. The molecular formula is C9H6Cl2N2O4S3. The van der Waals surface area contributed by atoms with Crippen LogP contribution in [0.3, 0.4) is 0 Å². The van der Waals surface area contributed by atoms with E-state index in [1.54, 1.807) is 0 Å². The van der Waals surface area contributed by atoms with Crippen molar-refractivity contribution in [3.8, 4) is 0 Å². The van der Waals surface area contributed by atoms with Gasteiger partial charge in [-0.1, -0.05) is 23.2 Å². The minimum absolute atomic E-state index is 0.000567. The second kappa shape index (κ2) is 5.49. The van der Waals surface area contributed by atoms with Crippen LogP contribution in [0.15, 0.2) is 11.0 Å². The normalized spacial score (nSPS) is 11.6. The smallest absolute Gasteiger partial charge is 0.340 e. The lowest BCUT2D eigenvalue weighted by Crippen LogP contribution is -2.14. The van der Waals surface area contributed by atoms with Gasteiger partial charge < -0.3 is 5.11 Å². The van der Waals surface area contributed by atoms with E-state index in [0.717, 1.165) is 22.9 Å². The Morgan fingerprint density at radius 3 is 2.60 bits per heavy atom. The molecule has 0 aliphatic heterocycles. The molecule has 2 N–H and O–H groups in total. The summed E-state index contributed by atoms with van der Waals surface area (Å²) in [5.74, 6) is -1.26. The highest BCUT2D eigenvalue weighted by atomic mass is 35.5. The quantitative estimate of drug-likeness (QED) is 0.857. The maximum atomic E-state index is 12.2. The number of nitrogens with one attached hydrogen (secondary N) is 1. The molecule has 0 radical (unpaired) electrons. The van der Waals surface area contributed by atoms with E-state index >= 15 is 0 Å². The van der Waals surface area contributed by atoms with E-state index in [1.807, 2.05) is 0 Å². The summed E-state index contributed by atoms with van der Waals surface area (Å²) >= 11 is 13.1. The predicted octanol–water partition coefficient (Wildman–Crippen LogP) is 3.32. The molecule has 2 rings (SSSR count). The summed E-state index contributed by atoms with van der Waals surface area (Å²) < 4.78 is 30.5. The third-order valence-electron chi connectivity index (χ3n) is 2.22. The van der Waals surface area contributed by atoms with Gasteiger partial charge in [0.15, 0.2) is 0 Å². The number of anilines is 1. The molecule has 0 amide bonds. The van der Waals surface area contributed by atoms with E-state index < -0.39 is 16.0 Å². The van der Waals surface area contributed by atoms with Crippen molar-refractivity contribution in [1.29, 1.82) is 0 Å². The van der Waals surface area contributed by atoms with Crippen LogP contribution in [-0.4, -0.2) is 23.9 Å². The molecule has 0 aliphatic carbocycles. The molecule has 0 saturated heterocycles. The van der Waals surface area contributed by atoms with Crippen LogP contribution in [0.2, 0.25) is 8.67 Å². The number of carboxylic acid groups (broad SMARTS) is 1. The molecule has 2 heterocycles. The lowest BCUT2D eigenvalue weighted by atomic mass is 10.2. The molecule has 0 bridgehead atoms. The minimum atomic E-state index is -4.01. The number of aromatic nitrogens is 1. The lowest BCUT2D eigenvalue weighted by Gasteiger charge is -2.05. The molecule has 0 aliphatic rings. The number of aryl methyl sites for hydroxylation is 1. The Morgan fingerprint density at radius 1 is 1.45 bits per heavy atom. The first-order chi connectivity index (χ1) is 9.22. The minimum Gasteiger partial charge on any atom is -0.478 e. The Labute approximate surface area is 132 Å². The van der Waals surface area contributed by atoms with Crippen molar-refractivity contribution in [1.82, 2.24) is 4.37 Å². The van der Waals surface area contributed by atoms with E-state index in [9.17, 15) is 13.2 Å². The van der Waals surface area contributed by atoms with Crippen LogP contribution in [0.25, 0.3) is 0 Å². The monoisotopic (exact) mass is 372 g/mol. The molecule has 0 spiro atoms. The van der Waals surface area contributed by atoms with Crippen molar-refractivity contribution in [3.05, 3.63) is 26.0 Å². The highest BCUT2D eigenvalue weighted by Gasteiger charge is 2.26. The fourth-order valence-electron chi connectivity index (χ4n) is 1.38. The summed E-state index contributed by atoms with van der Waals surface area (Å²) in [6, 6.07) is 1.20. The zero-order chi connectivity index (χ0) is 15.1. The number of halogens is 2. The Hall–Kier alpha value is -0.870. The molecule has 0 fully saturated rings. The van der Waals surface area contributed by atoms with Crippen LogP contribution in [0.4, 0.5) is 5.00 Å². The van der Waals surface area contributed by atoms with Gasteiger partial charge in [0, 0.05) is 0 Å². The number of carbonyl (C=O) groups is 1. The van der Waals surface area contributed by atoms with Crippen LogP contribution in [-0.2, 0) is 10.0 Å². The molecule has 11 heteroatoms. The van der Waals surface area contributed by atoms with Crippen LogP contribution in [0, 0.1) is 6.92 Å². The number of sulfonamides is 1. The van der Waals surface area contributed by atoms with Crippen LogP contribution in [0.5, 0.6) is 0 Å². The number of aromatic carboxylic acids is 1. The summed E-state index contributed by atoms with van der Waals surface area (Å²) in [5.41, 5.74) is 0.0469. The molecule has 2 aromatic rings. The fraction of sp³-hybridized carbons (Fsp3) is 0.111. The summed E-state index contributed by atoms with van der Waals surface area (Å²) in [6.45, 7) is 1.48. The molecule has 2 aromatic heterocycles. The van der Waals surface area contributed by atoms with Gasteiger partial charge >= 0.3 is 5.97 Å². The molecule has 6 nitrogen and oxygen atoms in total. The van der Waals surface area contributed by atoms with Crippen LogP contribution < -0.4 is 4.72 Å². The van der Waals surface area contributed by atoms with Gasteiger partial charge in [0.2, 0.25) is 0 Å². The molecular weight excluding hydrogens is 367 g/mol. The van der Waals surface area contributed by atoms with Crippen molar-refractivity contribution in [2.45, 2.75) is 11.8 Å². The van der Waals surface area contributed by atoms with Crippen molar-refractivity contribution in [3.63, 3.8) is 0 Å². The Morgan fingerprint density at radius 2 is 2.10 bits per heavy atom. The van der Waals surface area contributed by atoms with Crippen molar-refractivity contribution >= 4 is 67.1 Å². The van der Waals surface area contributed by atoms with E-state index in [2.05, 4.69) is 9.10 Å². The van der Waals surface area contributed by atoms with Gasteiger partial charge in [-0.25, -0.2) is 13.2 Å². The Kier molecular flexibility index (Phi) is 4.26. The van der Waals surface area contributed by atoms with Crippen LogP contribution >= 0.6 is 46.1 Å². The summed E-state index contributed by atoms with van der Waals surface area (Å²) in [4.78, 5) is 10.9. The van der Waals surface area contributed by atoms with E-state index in [-0.39, 0.29) is 29.8 Å². The molecule has 0 atom stereocenters. The van der Waals surface area contributed by atoms with Gasteiger partial charge in [-0.05, 0) is 24.5 Å². The highest BCUT2D eigenvalue weighted by Crippen LogP contribution is 2.36. The van der Waals surface area contributed by atoms with Crippen molar-refractivity contribution in [2.75, 3.05) is 4.72 Å². The Balaban J connectivity index is 2.44. The maximum absolute atomic E-state index is 12.2. The number of hydrogen-bond donors (Lipinski definition) is 2. The standard InChI is InChI=1S/C9H6Cl2N2O4S3/c1-3-6(9(14)15)8(19-12-3)13-20(16,17)4-2-5(10)18-7(4)11/h2,13H,1H3,(H,14,15). The third-order valence-corrected chi connectivity index (χ3v) is 6.30. The fourth-order valence-corrected chi connectivity index (χ4v) is 5.61. The molecule has 0 unspecified atom stereocenters. The predicted molar refractivity (Wildman–Crippen MR) is 79.0 cm³/mol. The van der Waals surface area contributed by atoms with Gasteiger partial charge in [-0.3, -0.25) is 4.72 Å². The first-order valence-electron chi connectivity index (χ1n) is 4.89. The number of nitrogens with zero attached hydrogens (tertiary/aromatic N) is 1. The largest absolute Gasteiger partial charge is 0.478 e. The first kappa shape index (κ1) is 15.5. The van der Waals surface area contributed by atoms with E-state index in [4.69, 9.17) is 28.3 Å². The zero-order valence-corrected chi connectivity index (χ0v) is 13.6. The van der Waals surface area contributed by atoms with Crippen LogP contribution in [0.1, 0.15) is 16.1 Å². The first-order valence-corrected chi connectivity index (χ1v) is 8.72. The second-order valence-electron chi connectivity index (χ2n) is 3.57.